The lowest BCUT2D eigenvalue weighted by Gasteiger charge is -2.22. The summed E-state index contributed by atoms with van der Waals surface area (Å²) in [5.74, 6) is 0. The van der Waals surface area contributed by atoms with Crippen molar-refractivity contribution >= 4 is 6.20 Å². The maximum absolute atomic E-state index is 4.46. The van der Waals surface area contributed by atoms with E-state index in [1.165, 1.54) is 0 Å². The van der Waals surface area contributed by atoms with Crippen LogP contribution < -0.4 is 10.8 Å². The summed E-state index contributed by atoms with van der Waals surface area (Å²) in [4.78, 5) is 13.7. The van der Waals surface area contributed by atoms with Crippen molar-refractivity contribution in [3.05, 3.63) is 17.2 Å². The molecule has 12 heavy (non-hydrogen) atoms. The Morgan fingerprint density at radius 2 is 2.50 bits per heavy atom. The first-order valence-corrected chi connectivity index (χ1v) is 4.12. The summed E-state index contributed by atoms with van der Waals surface area (Å²) in [5, 5.41) is 1.00. The van der Waals surface area contributed by atoms with Gasteiger partial charge in [0.15, 0.2) is 5.49 Å². The molecular formula is C8H12N4. The summed E-state index contributed by atoms with van der Waals surface area (Å²) in [5.41, 5.74) is 0.833. The number of imidazole rings is 1. The third-order valence-corrected chi connectivity index (χ3v) is 2.09. The van der Waals surface area contributed by atoms with Gasteiger partial charge in [0, 0.05) is 13.2 Å². The van der Waals surface area contributed by atoms with Crippen LogP contribution in [-0.4, -0.2) is 28.1 Å². The van der Waals surface area contributed by atoms with E-state index < -0.39 is 0 Å². The summed E-state index contributed by atoms with van der Waals surface area (Å²) in [6.07, 6.45) is 4.99. The molecule has 1 unspecified atom stereocenters. The highest BCUT2D eigenvalue weighted by Gasteiger charge is 2.11. The van der Waals surface area contributed by atoms with E-state index >= 15 is 0 Å². The zero-order valence-corrected chi connectivity index (χ0v) is 7.28. The average Bonchev–Trinajstić information content (AvgIpc) is 2.49. The van der Waals surface area contributed by atoms with Crippen molar-refractivity contribution in [2.24, 2.45) is 4.99 Å². The monoisotopic (exact) mass is 164 g/mol. The highest BCUT2D eigenvalue weighted by atomic mass is 15.2. The molecule has 4 nitrogen and oxygen atoms in total. The zero-order valence-electron chi connectivity index (χ0n) is 7.28. The highest BCUT2D eigenvalue weighted by Crippen LogP contribution is 2.03. The molecule has 0 amide bonds. The van der Waals surface area contributed by atoms with Crippen molar-refractivity contribution in [1.82, 2.24) is 14.9 Å². The normalized spacial score (nSPS) is 21.2. The summed E-state index contributed by atoms with van der Waals surface area (Å²) in [6.45, 7) is 2.12. The molecule has 2 rings (SSSR count). The fourth-order valence-corrected chi connectivity index (χ4v) is 1.40. The van der Waals surface area contributed by atoms with E-state index in [0.29, 0.717) is 0 Å². The second-order valence-electron chi connectivity index (χ2n) is 2.95. The minimum atomic E-state index is 0.251. The minimum absolute atomic E-state index is 0.251. The van der Waals surface area contributed by atoms with E-state index in [-0.39, 0.29) is 6.17 Å². The second kappa shape index (κ2) is 2.62. The fraction of sp³-hybridized carbons (Fsp3) is 0.500. The number of aromatic nitrogens is 2. The van der Waals surface area contributed by atoms with Gasteiger partial charge in [0.2, 0.25) is 0 Å². The Labute approximate surface area is 70.6 Å². The van der Waals surface area contributed by atoms with Crippen LogP contribution in [0.2, 0.25) is 0 Å². The molecule has 0 saturated heterocycles. The Morgan fingerprint density at radius 1 is 1.67 bits per heavy atom. The molecule has 0 saturated carbocycles. The van der Waals surface area contributed by atoms with E-state index in [0.717, 1.165) is 17.3 Å². The molecule has 0 spiro atoms. The first kappa shape index (κ1) is 7.34. The van der Waals surface area contributed by atoms with E-state index in [9.17, 15) is 0 Å². The Kier molecular flexibility index (Phi) is 1.60. The fourth-order valence-electron chi connectivity index (χ4n) is 1.40. The number of H-pyrrole nitrogens is 1. The molecule has 0 bridgehead atoms. The van der Waals surface area contributed by atoms with Crippen molar-refractivity contribution in [1.29, 1.82) is 0 Å². The largest absolute Gasteiger partial charge is 0.357 e. The van der Waals surface area contributed by atoms with Crippen LogP contribution in [0, 0.1) is 0 Å². The summed E-state index contributed by atoms with van der Waals surface area (Å²) >= 11 is 0. The molecule has 1 N–H and O–H groups in total. The Bertz CT molecular complexity index is 378. The minimum Gasteiger partial charge on any atom is -0.357 e. The van der Waals surface area contributed by atoms with E-state index in [1.807, 2.05) is 13.2 Å². The van der Waals surface area contributed by atoms with Gasteiger partial charge in [0.05, 0.1) is 6.33 Å². The number of rotatable bonds is 1. The topological polar surface area (TPSA) is 44.3 Å². The van der Waals surface area contributed by atoms with Crippen molar-refractivity contribution in [3.8, 4) is 0 Å². The SMILES string of the molecule is CCC1N=c2nc[nH]c2=CN1C. The quantitative estimate of drug-likeness (QED) is 0.605. The lowest BCUT2D eigenvalue weighted by Crippen LogP contribution is -2.40. The van der Waals surface area contributed by atoms with Crippen LogP contribution in [0.3, 0.4) is 0 Å². The molecule has 4 heteroatoms. The van der Waals surface area contributed by atoms with Gasteiger partial charge in [-0.2, -0.15) is 0 Å². The molecule has 1 aliphatic rings. The van der Waals surface area contributed by atoms with Crippen LogP contribution in [0.5, 0.6) is 0 Å². The number of nitrogens with zero attached hydrogens (tertiary/aromatic N) is 3. The maximum atomic E-state index is 4.46. The van der Waals surface area contributed by atoms with Gasteiger partial charge in [-0.15, -0.1) is 0 Å². The first-order valence-electron chi connectivity index (χ1n) is 4.12. The van der Waals surface area contributed by atoms with Crippen molar-refractivity contribution < 1.29 is 0 Å². The molecule has 1 aromatic heterocycles. The Morgan fingerprint density at radius 3 is 3.25 bits per heavy atom. The van der Waals surface area contributed by atoms with Crippen LogP contribution in [0.1, 0.15) is 13.3 Å². The van der Waals surface area contributed by atoms with E-state index in [2.05, 4.69) is 26.8 Å². The molecule has 0 fully saturated rings. The van der Waals surface area contributed by atoms with Gasteiger partial charge in [-0.3, -0.25) is 0 Å². The summed E-state index contributed by atoms with van der Waals surface area (Å²) in [7, 11) is 2.03. The molecule has 2 heterocycles. The Balaban J connectivity index is 2.55. The van der Waals surface area contributed by atoms with Crippen LogP contribution in [0.4, 0.5) is 0 Å². The molecule has 0 aromatic carbocycles. The van der Waals surface area contributed by atoms with Crippen molar-refractivity contribution in [3.63, 3.8) is 0 Å². The van der Waals surface area contributed by atoms with Crippen molar-refractivity contribution in [2.75, 3.05) is 7.05 Å². The number of hydrogen-bond acceptors (Lipinski definition) is 3. The molecule has 0 aliphatic carbocycles. The van der Waals surface area contributed by atoms with Crippen LogP contribution in [-0.2, 0) is 0 Å². The van der Waals surface area contributed by atoms with E-state index in [1.54, 1.807) is 6.33 Å². The van der Waals surface area contributed by atoms with Gasteiger partial charge < -0.3 is 9.88 Å². The average molecular weight is 164 g/mol. The summed E-state index contributed by atoms with van der Waals surface area (Å²) < 4.78 is 0. The van der Waals surface area contributed by atoms with Crippen LogP contribution >= 0.6 is 0 Å². The van der Waals surface area contributed by atoms with Crippen LogP contribution in [0.25, 0.3) is 6.20 Å². The highest BCUT2D eigenvalue weighted by molar-refractivity contribution is 5.17. The first-order chi connectivity index (χ1) is 5.81. The molecule has 1 aromatic rings. The number of nitrogens with one attached hydrogen (secondary N) is 1. The van der Waals surface area contributed by atoms with Crippen molar-refractivity contribution in [2.45, 2.75) is 19.5 Å². The second-order valence-corrected chi connectivity index (χ2v) is 2.95. The molecular weight excluding hydrogens is 152 g/mol. The molecule has 64 valence electrons. The van der Waals surface area contributed by atoms with E-state index in [4.69, 9.17) is 0 Å². The predicted octanol–water partition coefficient (Wildman–Crippen LogP) is -0.551. The van der Waals surface area contributed by atoms with Gasteiger partial charge in [-0.05, 0) is 6.42 Å². The zero-order chi connectivity index (χ0) is 8.55. The number of hydrogen-bond donors (Lipinski definition) is 1. The standard InChI is InChI=1S/C8H12N4/c1-3-7-11-8-6(4-12(7)2)9-5-10-8/h4-5,7H,3H2,1-2H3,(H,9,10,11). The third-order valence-electron chi connectivity index (χ3n) is 2.09. The van der Waals surface area contributed by atoms with Gasteiger partial charge in [-0.1, -0.05) is 6.92 Å². The number of aromatic amines is 1. The molecule has 0 radical (unpaired) electrons. The maximum Gasteiger partial charge on any atom is 0.176 e. The van der Waals surface area contributed by atoms with Gasteiger partial charge >= 0.3 is 0 Å². The smallest absolute Gasteiger partial charge is 0.176 e. The van der Waals surface area contributed by atoms with Gasteiger partial charge in [-0.25, -0.2) is 9.98 Å². The lowest BCUT2D eigenvalue weighted by molar-refractivity contribution is 0.344. The Hall–Kier alpha value is -1.32. The third kappa shape index (κ3) is 0.995. The van der Waals surface area contributed by atoms with Gasteiger partial charge in [0.25, 0.3) is 0 Å². The van der Waals surface area contributed by atoms with Crippen LogP contribution in [0.15, 0.2) is 11.3 Å². The number of fused-ring (bicyclic) bond motifs is 1. The lowest BCUT2D eigenvalue weighted by atomic mass is 10.3. The molecule has 1 aliphatic heterocycles. The predicted molar refractivity (Wildman–Crippen MR) is 45.7 cm³/mol. The summed E-state index contributed by atoms with van der Waals surface area (Å²) in [6, 6.07) is 0. The molecule has 1 atom stereocenters. The van der Waals surface area contributed by atoms with Gasteiger partial charge in [0.1, 0.15) is 11.5 Å².